The number of anilines is 1. The Labute approximate surface area is 153 Å². The van der Waals surface area contributed by atoms with Gasteiger partial charge in [-0.05, 0) is 37.1 Å². The number of nitrogens with zero attached hydrogens (tertiary/aromatic N) is 1. The van der Waals surface area contributed by atoms with Crippen LogP contribution in [-0.4, -0.2) is 29.2 Å². The number of likely N-dealkylation sites (tertiary alicyclic amines) is 1. The van der Waals surface area contributed by atoms with Crippen molar-refractivity contribution in [2.24, 2.45) is 11.8 Å². The summed E-state index contributed by atoms with van der Waals surface area (Å²) in [6, 6.07) is 7.20. The van der Waals surface area contributed by atoms with E-state index in [-0.39, 0.29) is 42.5 Å². The maximum atomic E-state index is 12.4. The highest BCUT2D eigenvalue weighted by molar-refractivity contribution is 9.10. The fourth-order valence-electron chi connectivity index (χ4n) is 3.09. The van der Waals surface area contributed by atoms with Crippen LogP contribution in [0, 0.1) is 11.8 Å². The van der Waals surface area contributed by atoms with Gasteiger partial charge in [-0.15, -0.1) is 0 Å². The minimum absolute atomic E-state index is 0.0775. The molecule has 1 aliphatic heterocycles. The summed E-state index contributed by atoms with van der Waals surface area (Å²) >= 11 is 9.31. The zero-order valence-electron chi connectivity index (χ0n) is 12.8. The third-order valence-electron chi connectivity index (χ3n) is 4.35. The summed E-state index contributed by atoms with van der Waals surface area (Å²) in [5, 5.41) is 3.38. The topological polar surface area (TPSA) is 66.5 Å². The number of halogens is 2. The third kappa shape index (κ3) is 3.54. The Balaban J connectivity index is 1.57. The molecule has 1 saturated heterocycles. The first-order chi connectivity index (χ1) is 11.5. The fourth-order valence-corrected chi connectivity index (χ4v) is 3.61. The first-order valence-electron chi connectivity index (χ1n) is 7.71. The number of benzene rings is 1. The van der Waals surface area contributed by atoms with Crippen molar-refractivity contribution >= 4 is 50.9 Å². The summed E-state index contributed by atoms with van der Waals surface area (Å²) in [4.78, 5) is 38.0. The van der Waals surface area contributed by atoms with Crippen molar-refractivity contribution in [1.29, 1.82) is 0 Å². The highest BCUT2D eigenvalue weighted by Crippen LogP contribution is 2.38. The average molecular weight is 412 g/mol. The molecule has 1 heterocycles. The van der Waals surface area contributed by atoms with Crippen LogP contribution >= 0.6 is 27.5 Å². The van der Waals surface area contributed by atoms with Gasteiger partial charge in [-0.2, -0.15) is 0 Å². The van der Waals surface area contributed by atoms with Crippen LogP contribution in [0.1, 0.15) is 19.3 Å². The van der Waals surface area contributed by atoms with E-state index in [1.165, 1.54) is 4.90 Å². The number of allylic oxidation sites excluding steroid dienone is 2. The van der Waals surface area contributed by atoms with Crippen LogP contribution in [0.5, 0.6) is 0 Å². The number of nitrogens with one attached hydrogen (secondary N) is 1. The minimum atomic E-state index is -0.371. The van der Waals surface area contributed by atoms with Gasteiger partial charge in [0.05, 0.1) is 11.8 Å². The van der Waals surface area contributed by atoms with Gasteiger partial charge in [-0.3, -0.25) is 19.3 Å². The molecule has 0 saturated carbocycles. The molecule has 5 nitrogen and oxygen atoms in total. The van der Waals surface area contributed by atoms with E-state index < -0.39 is 0 Å². The Morgan fingerprint density at radius 3 is 2.58 bits per heavy atom. The molecular formula is C17H16BrClN2O3. The molecular weight excluding hydrogens is 396 g/mol. The van der Waals surface area contributed by atoms with Crippen molar-refractivity contribution in [2.75, 3.05) is 11.9 Å². The fraction of sp³-hybridized carbons (Fsp3) is 0.353. The van der Waals surface area contributed by atoms with E-state index in [1.807, 2.05) is 12.1 Å². The van der Waals surface area contributed by atoms with E-state index in [0.29, 0.717) is 23.6 Å². The molecule has 126 valence electrons. The summed E-state index contributed by atoms with van der Waals surface area (Å²) in [5.74, 6) is -1.34. The molecule has 0 spiro atoms. The van der Waals surface area contributed by atoms with Gasteiger partial charge in [0.1, 0.15) is 0 Å². The molecule has 3 amide bonds. The van der Waals surface area contributed by atoms with Gasteiger partial charge in [0.2, 0.25) is 17.7 Å². The molecule has 2 unspecified atom stereocenters. The van der Waals surface area contributed by atoms with Crippen LogP contribution in [0.3, 0.4) is 0 Å². The predicted molar refractivity (Wildman–Crippen MR) is 94.3 cm³/mol. The number of fused-ring (bicyclic) bond motifs is 1. The van der Waals surface area contributed by atoms with Gasteiger partial charge in [0, 0.05) is 28.2 Å². The van der Waals surface area contributed by atoms with Crippen molar-refractivity contribution in [3.05, 3.63) is 39.8 Å². The Kier molecular flexibility index (Phi) is 5.06. The Bertz CT molecular complexity index is 717. The minimum Gasteiger partial charge on any atom is -0.326 e. The largest absolute Gasteiger partial charge is 0.326 e. The van der Waals surface area contributed by atoms with Crippen LogP contribution in [-0.2, 0) is 14.4 Å². The van der Waals surface area contributed by atoms with Crippen LogP contribution in [0.15, 0.2) is 39.8 Å². The van der Waals surface area contributed by atoms with E-state index in [4.69, 9.17) is 11.6 Å². The third-order valence-corrected chi connectivity index (χ3v) is 5.19. The molecule has 1 aliphatic carbocycles. The van der Waals surface area contributed by atoms with E-state index >= 15 is 0 Å². The maximum Gasteiger partial charge on any atom is 0.233 e. The molecule has 0 bridgehead atoms. The molecule has 1 N–H and O–H groups in total. The van der Waals surface area contributed by atoms with E-state index in [9.17, 15) is 14.4 Å². The highest BCUT2D eigenvalue weighted by atomic mass is 79.9. The maximum absolute atomic E-state index is 12.4. The molecule has 7 heteroatoms. The summed E-state index contributed by atoms with van der Waals surface area (Å²) in [6.45, 7) is 0.102. The lowest BCUT2D eigenvalue weighted by Gasteiger charge is -2.17. The van der Waals surface area contributed by atoms with Gasteiger partial charge < -0.3 is 5.32 Å². The van der Waals surface area contributed by atoms with Crippen LogP contribution in [0.25, 0.3) is 0 Å². The van der Waals surface area contributed by atoms with Crippen molar-refractivity contribution in [3.8, 4) is 0 Å². The number of imide groups is 1. The predicted octanol–water partition coefficient (Wildman–Crippen LogP) is 3.30. The highest BCUT2D eigenvalue weighted by Gasteiger charge is 2.48. The summed E-state index contributed by atoms with van der Waals surface area (Å²) < 4.78 is 0.920. The standard InChI is InChI=1S/C17H16BrClN2O3/c18-10-1-4-12(5-2-10)20-15(22)7-8-21-16(23)13-6-3-11(19)9-14(13)17(21)24/h1-5,13-14H,6-9H2,(H,20,22). The normalized spacial score (nSPS) is 23.1. The Morgan fingerprint density at radius 2 is 1.88 bits per heavy atom. The number of carbonyl (C=O) groups excluding carboxylic acids is 3. The zero-order chi connectivity index (χ0) is 17.3. The van der Waals surface area contributed by atoms with Gasteiger partial charge in [-0.1, -0.05) is 33.6 Å². The molecule has 2 aliphatic rings. The Hall–Kier alpha value is -1.66. The number of hydrogen-bond donors (Lipinski definition) is 1. The number of amides is 3. The van der Waals surface area contributed by atoms with Crippen molar-refractivity contribution in [2.45, 2.75) is 19.3 Å². The molecule has 24 heavy (non-hydrogen) atoms. The molecule has 1 aromatic carbocycles. The quantitative estimate of drug-likeness (QED) is 0.773. The molecule has 1 aromatic rings. The van der Waals surface area contributed by atoms with Crippen molar-refractivity contribution in [3.63, 3.8) is 0 Å². The van der Waals surface area contributed by atoms with Gasteiger partial charge >= 0.3 is 0 Å². The second-order valence-electron chi connectivity index (χ2n) is 5.94. The van der Waals surface area contributed by atoms with Gasteiger partial charge in [-0.25, -0.2) is 0 Å². The monoisotopic (exact) mass is 410 g/mol. The number of rotatable bonds is 4. The summed E-state index contributed by atoms with van der Waals surface area (Å²) in [6.07, 6.45) is 2.79. The second-order valence-corrected chi connectivity index (χ2v) is 7.34. The summed E-state index contributed by atoms with van der Waals surface area (Å²) in [7, 11) is 0. The van der Waals surface area contributed by atoms with Crippen LogP contribution in [0.4, 0.5) is 5.69 Å². The molecule has 0 radical (unpaired) electrons. The molecule has 1 fully saturated rings. The average Bonchev–Trinajstić information content (AvgIpc) is 2.78. The lowest BCUT2D eigenvalue weighted by molar-refractivity contribution is -0.140. The summed E-state index contributed by atoms with van der Waals surface area (Å²) in [5.41, 5.74) is 0.673. The smallest absolute Gasteiger partial charge is 0.233 e. The lowest BCUT2D eigenvalue weighted by Crippen LogP contribution is -2.34. The molecule has 2 atom stereocenters. The first kappa shape index (κ1) is 17.2. The van der Waals surface area contributed by atoms with E-state index in [0.717, 1.165) is 4.47 Å². The lowest BCUT2D eigenvalue weighted by atomic mass is 9.85. The number of hydrogen-bond acceptors (Lipinski definition) is 3. The Morgan fingerprint density at radius 1 is 1.21 bits per heavy atom. The van der Waals surface area contributed by atoms with E-state index in [2.05, 4.69) is 21.2 Å². The SMILES string of the molecule is O=C(CCN1C(=O)C2CC=C(Cl)CC2C1=O)Nc1ccc(Br)cc1. The molecule has 0 aromatic heterocycles. The van der Waals surface area contributed by atoms with Crippen LogP contribution in [0.2, 0.25) is 0 Å². The van der Waals surface area contributed by atoms with Gasteiger partial charge in [0.15, 0.2) is 0 Å². The first-order valence-corrected chi connectivity index (χ1v) is 8.88. The zero-order valence-corrected chi connectivity index (χ0v) is 15.1. The van der Waals surface area contributed by atoms with Crippen molar-refractivity contribution < 1.29 is 14.4 Å². The second kappa shape index (κ2) is 7.07. The van der Waals surface area contributed by atoms with Crippen LogP contribution < -0.4 is 5.32 Å². The van der Waals surface area contributed by atoms with E-state index in [1.54, 1.807) is 18.2 Å². The van der Waals surface area contributed by atoms with Gasteiger partial charge in [0.25, 0.3) is 0 Å². The molecule has 3 rings (SSSR count). The number of carbonyl (C=O) groups is 3. The van der Waals surface area contributed by atoms with Crippen molar-refractivity contribution in [1.82, 2.24) is 4.90 Å².